The van der Waals surface area contributed by atoms with Crippen LogP contribution < -0.4 is 35.4 Å². The zero-order valence-electron chi connectivity index (χ0n) is 23.8. The van der Waals surface area contributed by atoms with Crippen LogP contribution in [-0.2, 0) is 25.8 Å². The Morgan fingerprint density at radius 3 is 1.27 bits per heavy atom. The number of benzene rings is 2. The van der Waals surface area contributed by atoms with Crippen molar-refractivity contribution < 1.29 is 50.7 Å². The Kier molecular flexibility index (Phi) is 17.6. The molecule has 0 aliphatic heterocycles. The molecule has 4 aromatic carbocycles. The first-order chi connectivity index (χ1) is 16.3. The third-order valence-electron chi connectivity index (χ3n) is 7.05. The zero-order chi connectivity index (χ0) is 24.8. The Hall–Kier alpha value is -0.0299. The molecule has 0 N–H and O–H groups in total. The van der Waals surface area contributed by atoms with Crippen molar-refractivity contribution in [1.82, 2.24) is 0 Å². The van der Waals surface area contributed by atoms with Crippen LogP contribution in [0.3, 0.4) is 0 Å². The summed E-state index contributed by atoms with van der Waals surface area (Å²) in [4.78, 5) is 0. The van der Waals surface area contributed by atoms with Gasteiger partial charge in [-0.2, -0.15) is 12.1 Å². The largest absolute Gasteiger partial charge is 4.00 e. The van der Waals surface area contributed by atoms with E-state index in [-0.39, 0.29) is 66.5 Å². The molecular weight excluding hydrogens is 696 g/mol. The molecule has 4 rings (SSSR count). The van der Waals surface area contributed by atoms with E-state index in [0.717, 1.165) is 22.6 Å². The van der Waals surface area contributed by atoms with Crippen LogP contribution in [0.2, 0.25) is 0 Å². The quantitative estimate of drug-likeness (QED) is 0.147. The molecular formula is C32H44Cl2HfP2. The molecule has 37 heavy (non-hydrogen) atoms. The standard InChI is InChI=1S/C17H24P.C15H20P.2ClH.Hf/c1-5-13(3)18(14(4)6-2)17-11-15-9-7-8-10-16(15)12-17;1-11(2)16(12(3)4)15-9-13-7-5-6-8-14(13)10-15;;;/h7-14H,5-6H2,1-4H3;5-12H,1-4H3;2*1H;/q2*-1;;;+4/p-2. The summed E-state index contributed by atoms with van der Waals surface area (Å²) in [5, 5.41) is 8.78. The molecule has 200 valence electrons. The maximum absolute atomic E-state index is 2.43. The molecule has 5 heteroatoms. The third kappa shape index (κ3) is 9.54. The molecule has 0 fully saturated rings. The molecule has 0 heterocycles. The van der Waals surface area contributed by atoms with Gasteiger partial charge in [0, 0.05) is 0 Å². The molecule has 0 radical (unpaired) electrons. The van der Waals surface area contributed by atoms with Gasteiger partial charge in [-0.25, -0.2) is 0 Å². The van der Waals surface area contributed by atoms with Crippen molar-refractivity contribution in [3.63, 3.8) is 0 Å². The van der Waals surface area contributed by atoms with E-state index in [0.29, 0.717) is 0 Å². The zero-order valence-corrected chi connectivity index (χ0v) is 30.7. The predicted molar refractivity (Wildman–Crippen MR) is 162 cm³/mol. The first kappa shape index (κ1) is 37.0. The van der Waals surface area contributed by atoms with Gasteiger partial charge in [0.25, 0.3) is 0 Å². The maximum atomic E-state index is 2.43. The summed E-state index contributed by atoms with van der Waals surface area (Å²) in [6.45, 7) is 18.9. The number of halogens is 2. The first-order valence-electron chi connectivity index (χ1n) is 13.1. The van der Waals surface area contributed by atoms with Crippen LogP contribution in [-0.4, -0.2) is 22.6 Å². The monoisotopic (exact) mass is 740 g/mol. The van der Waals surface area contributed by atoms with Crippen LogP contribution in [0.25, 0.3) is 21.5 Å². The molecule has 0 aromatic heterocycles. The maximum Gasteiger partial charge on any atom is 4.00 e. The van der Waals surface area contributed by atoms with Crippen molar-refractivity contribution in [3.8, 4) is 0 Å². The molecule has 0 aliphatic carbocycles. The van der Waals surface area contributed by atoms with Gasteiger partial charge in [0.1, 0.15) is 0 Å². The van der Waals surface area contributed by atoms with Crippen molar-refractivity contribution in [2.24, 2.45) is 0 Å². The summed E-state index contributed by atoms with van der Waals surface area (Å²) in [5.41, 5.74) is 3.19. The second kappa shape index (κ2) is 17.6. The van der Waals surface area contributed by atoms with Gasteiger partial charge in [0.15, 0.2) is 0 Å². The number of rotatable bonds is 8. The summed E-state index contributed by atoms with van der Waals surface area (Å²) in [6, 6.07) is 27.1. The number of hydrogen-bond acceptors (Lipinski definition) is 0. The average Bonchev–Trinajstić information content (AvgIpc) is 3.42. The Morgan fingerprint density at radius 2 is 0.946 bits per heavy atom. The Balaban J connectivity index is 0.000000651. The molecule has 0 nitrogen and oxygen atoms in total. The van der Waals surface area contributed by atoms with Crippen LogP contribution in [0.15, 0.2) is 72.8 Å². The molecule has 0 saturated carbocycles. The fourth-order valence-electron chi connectivity index (χ4n) is 5.10. The van der Waals surface area contributed by atoms with Gasteiger partial charge in [-0.05, 0) is 35.5 Å². The van der Waals surface area contributed by atoms with E-state index >= 15 is 0 Å². The molecule has 0 spiro atoms. The van der Waals surface area contributed by atoms with Gasteiger partial charge < -0.3 is 24.8 Å². The predicted octanol–water partition coefficient (Wildman–Crippen LogP) is 3.75. The molecule has 0 saturated heterocycles. The van der Waals surface area contributed by atoms with Crippen molar-refractivity contribution in [3.05, 3.63) is 72.8 Å². The normalized spacial score (nSPS) is 13.4. The second-order valence-corrected chi connectivity index (χ2v) is 16.7. The van der Waals surface area contributed by atoms with Crippen LogP contribution in [0.1, 0.15) is 68.2 Å². The summed E-state index contributed by atoms with van der Waals surface area (Å²) >= 11 is 0. The van der Waals surface area contributed by atoms with Gasteiger partial charge in [-0.15, -0.1) is 80.7 Å². The third-order valence-corrected chi connectivity index (χ3v) is 13.6. The van der Waals surface area contributed by atoms with Crippen molar-refractivity contribution >= 4 is 48.0 Å². The minimum absolute atomic E-state index is 0. The molecule has 0 bridgehead atoms. The van der Waals surface area contributed by atoms with Gasteiger partial charge in [-0.3, -0.25) is 0 Å². The van der Waals surface area contributed by atoms with E-state index in [9.17, 15) is 0 Å². The van der Waals surface area contributed by atoms with E-state index < -0.39 is 0 Å². The summed E-state index contributed by atoms with van der Waals surface area (Å²) in [7, 11) is -0.0458. The summed E-state index contributed by atoms with van der Waals surface area (Å²) in [6.07, 6.45) is 2.58. The fraction of sp³-hybridized carbons (Fsp3) is 0.438. The SMILES string of the molecule is CC(C)P(c1cc2ccccc2[cH-]1)C(C)C.CCC(C)P(c1cc2ccccc2[cH-]1)C(C)CC.[Cl-].[Cl-].[Hf+4]. The molecule has 0 amide bonds. The van der Waals surface area contributed by atoms with Crippen molar-refractivity contribution in [1.29, 1.82) is 0 Å². The van der Waals surface area contributed by atoms with Gasteiger partial charge in [0.2, 0.25) is 0 Å². The van der Waals surface area contributed by atoms with Crippen LogP contribution in [0.5, 0.6) is 0 Å². The first-order valence-corrected chi connectivity index (χ1v) is 16.1. The number of hydrogen-bond donors (Lipinski definition) is 0. The molecule has 4 aromatic rings. The number of fused-ring (bicyclic) bond motifs is 2. The molecule has 2 atom stereocenters. The smallest absolute Gasteiger partial charge is 1.00 e. The Labute approximate surface area is 260 Å². The van der Waals surface area contributed by atoms with E-state index in [2.05, 4.69) is 128 Å². The fourth-order valence-corrected chi connectivity index (χ4v) is 11.3. The topological polar surface area (TPSA) is 0 Å². The minimum atomic E-state index is -0.0252. The van der Waals surface area contributed by atoms with E-state index in [1.54, 1.807) is 10.6 Å². The molecule has 0 aliphatic rings. The minimum Gasteiger partial charge on any atom is -1.00 e. The van der Waals surface area contributed by atoms with Gasteiger partial charge in [0.05, 0.1) is 0 Å². The van der Waals surface area contributed by atoms with Crippen LogP contribution in [0.4, 0.5) is 0 Å². The Morgan fingerprint density at radius 1 is 0.595 bits per heavy atom. The van der Waals surface area contributed by atoms with E-state index in [1.807, 2.05) is 0 Å². The van der Waals surface area contributed by atoms with Crippen molar-refractivity contribution in [2.45, 2.75) is 90.9 Å². The second-order valence-electron chi connectivity index (χ2n) is 10.2. The summed E-state index contributed by atoms with van der Waals surface area (Å²) < 4.78 is 0. The molecule has 2 unspecified atom stereocenters. The van der Waals surface area contributed by atoms with Gasteiger partial charge in [-0.1, -0.05) is 83.4 Å². The van der Waals surface area contributed by atoms with E-state index in [4.69, 9.17) is 0 Å². The van der Waals surface area contributed by atoms with Gasteiger partial charge >= 0.3 is 25.8 Å². The average molecular weight is 740 g/mol. The Bertz CT molecular complexity index is 1080. The van der Waals surface area contributed by atoms with Crippen LogP contribution >= 0.6 is 15.8 Å². The van der Waals surface area contributed by atoms with Crippen LogP contribution in [0, 0.1) is 0 Å². The van der Waals surface area contributed by atoms with E-state index in [1.165, 1.54) is 34.4 Å². The van der Waals surface area contributed by atoms with Crippen molar-refractivity contribution in [2.75, 3.05) is 0 Å². The summed E-state index contributed by atoms with van der Waals surface area (Å²) in [5.74, 6) is 0.